The van der Waals surface area contributed by atoms with E-state index >= 15 is 0 Å². The van der Waals surface area contributed by atoms with Crippen LogP contribution < -0.4 is 10.2 Å². The number of fused-ring (bicyclic) bond motifs is 1. The van der Waals surface area contributed by atoms with Crippen LogP contribution in [0.5, 0.6) is 0 Å². The third-order valence-electron chi connectivity index (χ3n) is 8.29. The molecule has 2 amide bonds. The van der Waals surface area contributed by atoms with Gasteiger partial charge in [-0.25, -0.2) is 4.39 Å². The SMILES string of the molecule is Cc1cccc(/C=C2\SC3CCC(C(=O)NCCCN4CCN(c5ccc(F)cc5)CC4)CC3N(C)C2=O)c1. The van der Waals surface area contributed by atoms with E-state index < -0.39 is 0 Å². The highest BCUT2D eigenvalue weighted by atomic mass is 32.2. The zero-order valence-electron chi connectivity index (χ0n) is 22.9. The molecule has 3 fully saturated rings. The zero-order chi connectivity index (χ0) is 27.4. The first-order chi connectivity index (χ1) is 18.9. The van der Waals surface area contributed by atoms with Gasteiger partial charge in [0.15, 0.2) is 0 Å². The van der Waals surface area contributed by atoms with E-state index in [2.05, 4.69) is 34.2 Å². The number of rotatable bonds is 7. The predicted molar refractivity (Wildman–Crippen MR) is 157 cm³/mol. The van der Waals surface area contributed by atoms with Gasteiger partial charge in [0.2, 0.25) is 5.91 Å². The van der Waals surface area contributed by atoms with Crippen molar-refractivity contribution in [3.05, 3.63) is 70.4 Å². The van der Waals surface area contributed by atoms with Gasteiger partial charge in [-0.05, 0) is 75.1 Å². The van der Waals surface area contributed by atoms with Gasteiger partial charge >= 0.3 is 0 Å². The first-order valence-corrected chi connectivity index (χ1v) is 15.0. The van der Waals surface area contributed by atoms with Gasteiger partial charge in [0.1, 0.15) is 5.82 Å². The molecule has 2 heterocycles. The number of likely N-dealkylation sites (N-methyl/N-ethyl adjacent to an activating group) is 1. The van der Waals surface area contributed by atoms with Crippen molar-refractivity contribution in [1.29, 1.82) is 0 Å². The molecule has 2 saturated heterocycles. The molecule has 0 aromatic heterocycles. The molecule has 2 aromatic rings. The van der Waals surface area contributed by atoms with Gasteiger partial charge in [-0.3, -0.25) is 14.5 Å². The summed E-state index contributed by atoms with van der Waals surface area (Å²) in [6.07, 6.45) is 5.46. The molecular formula is C31H39FN4O2S. The minimum atomic E-state index is -0.203. The fourth-order valence-corrected chi connectivity index (χ4v) is 7.47. The Morgan fingerprint density at radius 1 is 1.10 bits per heavy atom. The van der Waals surface area contributed by atoms with Crippen molar-refractivity contribution in [3.63, 3.8) is 0 Å². The van der Waals surface area contributed by atoms with Gasteiger partial charge in [0.05, 0.1) is 4.91 Å². The van der Waals surface area contributed by atoms with E-state index in [-0.39, 0.29) is 29.6 Å². The number of amides is 2. The van der Waals surface area contributed by atoms with Crippen molar-refractivity contribution >= 4 is 35.3 Å². The number of carbonyl (C=O) groups excluding carboxylic acids is 2. The quantitative estimate of drug-likeness (QED) is 0.405. The highest BCUT2D eigenvalue weighted by Gasteiger charge is 2.42. The van der Waals surface area contributed by atoms with Crippen LogP contribution in [0.25, 0.3) is 6.08 Å². The minimum absolute atomic E-state index is 0.0383. The largest absolute Gasteiger partial charge is 0.369 e. The Hall–Kier alpha value is -2.84. The van der Waals surface area contributed by atoms with Crippen LogP contribution >= 0.6 is 11.8 Å². The van der Waals surface area contributed by atoms with E-state index in [0.717, 1.165) is 74.6 Å². The second-order valence-electron chi connectivity index (χ2n) is 11.0. The molecule has 208 valence electrons. The molecule has 3 unspecified atom stereocenters. The maximum atomic E-state index is 13.2. The number of hydrogen-bond acceptors (Lipinski definition) is 5. The smallest absolute Gasteiger partial charge is 0.260 e. The minimum Gasteiger partial charge on any atom is -0.369 e. The highest BCUT2D eigenvalue weighted by molar-refractivity contribution is 8.04. The lowest BCUT2D eigenvalue weighted by atomic mass is 9.83. The number of anilines is 1. The van der Waals surface area contributed by atoms with Gasteiger partial charge in [-0.2, -0.15) is 0 Å². The van der Waals surface area contributed by atoms with Crippen LogP contribution in [0.3, 0.4) is 0 Å². The van der Waals surface area contributed by atoms with Crippen LogP contribution in [0.1, 0.15) is 36.8 Å². The van der Waals surface area contributed by atoms with Crippen LogP contribution in [0.2, 0.25) is 0 Å². The average Bonchev–Trinajstić information content (AvgIpc) is 2.94. The first-order valence-electron chi connectivity index (χ1n) is 14.1. The second-order valence-corrected chi connectivity index (χ2v) is 12.3. The zero-order valence-corrected chi connectivity index (χ0v) is 23.8. The Bertz CT molecular complexity index is 1200. The second kappa shape index (κ2) is 12.6. The summed E-state index contributed by atoms with van der Waals surface area (Å²) < 4.78 is 13.2. The highest BCUT2D eigenvalue weighted by Crippen LogP contribution is 2.43. The molecular weight excluding hydrogens is 511 g/mol. The summed E-state index contributed by atoms with van der Waals surface area (Å²) in [7, 11) is 1.89. The molecule has 0 radical (unpaired) electrons. The molecule has 1 saturated carbocycles. The Kier molecular flexibility index (Phi) is 8.92. The van der Waals surface area contributed by atoms with E-state index in [1.807, 2.05) is 42.3 Å². The van der Waals surface area contributed by atoms with Gasteiger partial charge in [0.25, 0.3) is 5.91 Å². The molecule has 8 heteroatoms. The molecule has 1 aliphatic carbocycles. The normalized spacial score (nSPS) is 25.1. The van der Waals surface area contributed by atoms with Crippen molar-refractivity contribution in [2.24, 2.45) is 5.92 Å². The third kappa shape index (κ3) is 6.84. The third-order valence-corrected chi connectivity index (χ3v) is 9.69. The number of nitrogens with zero attached hydrogens (tertiary/aromatic N) is 3. The van der Waals surface area contributed by atoms with Crippen LogP contribution in [-0.4, -0.2) is 79.2 Å². The molecule has 39 heavy (non-hydrogen) atoms. The molecule has 0 bridgehead atoms. The number of thioether (sulfide) groups is 1. The van der Waals surface area contributed by atoms with Crippen molar-refractivity contribution in [2.45, 2.75) is 43.9 Å². The maximum Gasteiger partial charge on any atom is 0.260 e. The van der Waals surface area contributed by atoms with E-state index in [1.165, 1.54) is 17.7 Å². The molecule has 0 spiro atoms. The van der Waals surface area contributed by atoms with Crippen molar-refractivity contribution < 1.29 is 14.0 Å². The summed E-state index contributed by atoms with van der Waals surface area (Å²) >= 11 is 1.69. The number of piperazine rings is 1. The molecule has 2 aliphatic heterocycles. The van der Waals surface area contributed by atoms with Crippen molar-refractivity contribution in [1.82, 2.24) is 15.1 Å². The topological polar surface area (TPSA) is 55.9 Å². The Morgan fingerprint density at radius 3 is 2.62 bits per heavy atom. The summed E-state index contributed by atoms with van der Waals surface area (Å²) in [5.74, 6) is -0.0562. The van der Waals surface area contributed by atoms with Crippen LogP contribution in [0.4, 0.5) is 10.1 Å². The van der Waals surface area contributed by atoms with Gasteiger partial charge in [-0.1, -0.05) is 29.8 Å². The molecule has 6 nitrogen and oxygen atoms in total. The summed E-state index contributed by atoms with van der Waals surface area (Å²) in [5.41, 5.74) is 3.31. The summed E-state index contributed by atoms with van der Waals surface area (Å²) in [5, 5.41) is 3.50. The number of hydrogen-bond donors (Lipinski definition) is 1. The van der Waals surface area contributed by atoms with Gasteiger partial charge < -0.3 is 15.1 Å². The van der Waals surface area contributed by atoms with Gasteiger partial charge in [0, 0.05) is 62.7 Å². The molecule has 5 rings (SSSR count). The Balaban J connectivity index is 1.04. The maximum absolute atomic E-state index is 13.2. The van der Waals surface area contributed by atoms with Crippen LogP contribution in [0.15, 0.2) is 53.4 Å². The molecule has 1 N–H and O–H groups in total. The summed E-state index contributed by atoms with van der Waals surface area (Å²) in [4.78, 5) is 33.5. The first kappa shape index (κ1) is 27.7. The summed E-state index contributed by atoms with van der Waals surface area (Å²) in [6, 6.07) is 15.0. The van der Waals surface area contributed by atoms with E-state index in [4.69, 9.17) is 0 Å². The number of benzene rings is 2. The monoisotopic (exact) mass is 550 g/mol. The fourth-order valence-electron chi connectivity index (χ4n) is 5.99. The van der Waals surface area contributed by atoms with E-state index in [1.54, 1.807) is 11.8 Å². The molecule has 3 aliphatic rings. The molecule has 3 atom stereocenters. The van der Waals surface area contributed by atoms with Crippen molar-refractivity contribution in [2.75, 3.05) is 51.2 Å². The number of carbonyl (C=O) groups is 2. The molecule has 2 aromatic carbocycles. The van der Waals surface area contributed by atoms with E-state index in [9.17, 15) is 14.0 Å². The van der Waals surface area contributed by atoms with E-state index in [0.29, 0.717) is 11.8 Å². The van der Waals surface area contributed by atoms with Gasteiger partial charge in [-0.15, -0.1) is 11.8 Å². The standard InChI is InChI=1S/C31H39FN4O2S/c1-22-5-3-6-23(19-22)20-29-31(38)34(2)27-21-24(7-12-28(27)39-29)30(37)33-13-4-14-35-15-17-36(18-16-35)26-10-8-25(32)9-11-26/h3,5-6,8-11,19-20,24,27-28H,4,7,12-18,21H2,1-2H3,(H,33,37)/b29-20-. The lowest BCUT2D eigenvalue weighted by Gasteiger charge is -2.44. The average molecular weight is 551 g/mol. The number of nitrogens with one attached hydrogen (secondary N) is 1. The Labute approximate surface area is 235 Å². The fraction of sp³-hybridized carbons (Fsp3) is 0.484. The lowest BCUT2D eigenvalue weighted by Crippen LogP contribution is -2.52. The number of aryl methyl sites for hydroxylation is 1. The Morgan fingerprint density at radius 2 is 1.87 bits per heavy atom. The summed E-state index contributed by atoms with van der Waals surface area (Å²) in [6.45, 7) is 7.48. The lowest BCUT2D eigenvalue weighted by molar-refractivity contribution is -0.131. The van der Waals surface area contributed by atoms with Crippen LogP contribution in [-0.2, 0) is 9.59 Å². The van der Waals surface area contributed by atoms with Crippen LogP contribution in [0, 0.1) is 18.7 Å². The predicted octanol–water partition coefficient (Wildman–Crippen LogP) is 4.55. The number of halogens is 1. The van der Waals surface area contributed by atoms with Crippen molar-refractivity contribution in [3.8, 4) is 0 Å².